The maximum atomic E-state index is 12.3. The molecule has 1 aliphatic heterocycles. The molecule has 1 heterocycles. The van der Waals surface area contributed by atoms with Crippen molar-refractivity contribution in [2.75, 3.05) is 13.7 Å². The molecule has 23 heavy (non-hydrogen) atoms. The molecule has 1 aliphatic rings. The second-order valence-electron chi connectivity index (χ2n) is 5.31. The zero-order valence-corrected chi connectivity index (χ0v) is 13.3. The lowest BCUT2D eigenvalue weighted by Crippen LogP contribution is -2.34. The molecule has 1 aromatic rings. The smallest absolute Gasteiger partial charge is 0.322 e. The summed E-state index contributed by atoms with van der Waals surface area (Å²) in [4.78, 5) is 36.5. The molecule has 2 rings (SSSR count). The van der Waals surface area contributed by atoms with E-state index in [2.05, 4.69) is 10.6 Å². The molecule has 1 saturated heterocycles. The molecule has 0 unspecified atom stereocenters. The van der Waals surface area contributed by atoms with Gasteiger partial charge in [0.2, 0.25) is 5.91 Å². The van der Waals surface area contributed by atoms with Crippen molar-refractivity contribution in [3.8, 4) is 5.75 Å². The van der Waals surface area contributed by atoms with Gasteiger partial charge in [-0.2, -0.15) is 0 Å². The maximum Gasteiger partial charge on any atom is 0.322 e. The molecule has 1 aromatic carbocycles. The zero-order valence-electron chi connectivity index (χ0n) is 13.3. The number of nitrogens with one attached hydrogen (secondary N) is 2. The van der Waals surface area contributed by atoms with Crippen molar-refractivity contribution in [3.63, 3.8) is 0 Å². The van der Waals surface area contributed by atoms with Crippen LogP contribution in [-0.2, 0) is 16.1 Å². The van der Waals surface area contributed by atoms with E-state index in [4.69, 9.17) is 4.74 Å². The van der Waals surface area contributed by atoms with Crippen LogP contribution in [0.2, 0.25) is 0 Å². The number of hydrogen-bond acceptors (Lipinski definition) is 4. The van der Waals surface area contributed by atoms with Crippen LogP contribution in [0.1, 0.15) is 25.3 Å². The highest BCUT2D eigenvalue weighted by Crippen LogP contribution is 2.14. The number of amides is 4. The number of benzene rings is 1. The van der Waals surface area contributed by atoms with Crippen LogP contribution in [0.5, 0.6) is 5.75 Å². The monoisotopic (exact) mass is 319 g/mol. The summed E-state index contributed by atoms with van der Waals surface area (Å²) in [7, 11) is 1.61. The Kier molecular flexibility index (Phi) is 5.56. The second kappa shape index (κ2) is 7.62. The van der Waals surface area contributed by atoms with E-state index in [-0.39, 0.29) is 18.2 Å². The molecule has 1 atom stereocenters. The van der Waals surface area contributed by atoms with E-state index >= 15 is 0 Å². The molecule has 4 amide bonds. The lowest BCUT2D eigenvalue weighted by Gasteiger charge is -2.21. The molecule has 0 aliphatic carbocycles. The van der Waals surface area contributed by atoms with Crippen LogP contribution in [0, 0.1) is 0 Å². The van der Waals surface area contributed by atoms with Crippen LogP contribution in [0.3, 0.4) is 0 Å². The first-order valence-corrected chi connectivity index (χ1v) is 7.55. The van der Waals surface area contributed by atoms with Crippen LogP contribution in [-0.4, -0.2) is 42.4 Å². The Morgan fingerprint density at radius 2 is 1.96 bits per heavy atom. The first kappa shape index (κ1) is 16.8. The van der Waals surface area contributed by atoms with Gasteiger partial charge in [0.15, 0.2) is 0 Å². The minimum Gasteiger partial charge on any atom is -0.497 e. The standard InChI is InChI=1S/C16H21N3O4/c1-3-19(10-11-4-6-12(23-2)7-5-11)14(20)9-8-13-15(21)18-16(22)17-13/h4-7,13H,3,8-10H2,1-2H3,(H2,17,18,21,22)/t13-/m1/s1. The normalized spacial score (nSPS) is 16.7. The fourth-order valence-corrected chi connectivity index (χ4v) is 2.42. The van der Waals surface area contributed by atoms with Crippen LogP contribution in [0.15, 0.2) is 24.3 Å². The molecule has 0 radical (unpaired) electrons. The number of carbonyl (C=O) groups is 3. The first-order valence-electron chi connectivity index (χ1n) is 7.55. The lowest BCUT2D eigenvalue weighted by atomic mass is 10.1. The van der Waals surface area contributed by atoms with Crippen molar-refractivity contribution in [1.82, 2.24) is 15.5 Å². The number of hydrogen-bond donors (Lipinski definition) is 2. The molecule has 0 aromatic heterocycles. The number of imide groups is 1. The molecule has 7 heteroatoms. The van der Waals surface area contributed by atoms with Crippen molar-refractivity contribution in [2.24, 2.45) is 0 Å². The lowest BCUT2D eigenvalue weighted by molar-refractivity contribution is -0.131. The van der Waals surface area contributed by atoms with Crippen LogP contribution >= 0.6 is 0 Å². The van der Waals surface area contributed by atoms with Gasteiger partial charge < -0.3 is 15.0 Å². The van der Waals surface area contributed by atoms with Crippen molar-refractivity contribution >= 4 is 17.8 Å². The van der Waals surface area contributed by atoms with Gasteiger partial charge in [-0.15, -0.1) is 0 Å². The molecule has 0 saturated carbocycles. The third-order valence-electron chi connectivity index (χ3n) is 3.77. The highest BCUT2D eigenvalue weighted by Gasteiger charge is 2.29. The largest absolute Gasteiger partial charge is 0.497 e. The molecule has 7 nitrogen and oxygen atoms in total. The molecule has 2 N–H and O–H groups in total. The van der Waals surface area contributed by atoms with Gasteiger partial charge in [0.05, 0.1) is 7.11 Å². The van der Waals surface area contributed by atoms with Crippen molar-refractivity contribution in [2.45, 2.75) is 32.4 Å². The second-order valence-corrected chi connectivity index (χ2v) is 5.31. The molecule has 124 valence electrons. The van der Waals surface area contributed by atoms with E-state index in [1.165, 1.54) is 0 Å². The van der Waals surface area contributed by atoms with Crippen molar-refractivity contribution < 1.29 is 19.1 Å². The fourth-order valence-electron chi connectivity index (χ4n) is 2.42. The number of urea groups is 1. The summed E-state index contributed by atoms with van der Waals surface area (Å²) in [6, 6.07) is 6.42. The third-order valence-corrected chi connectivity index (χ3v) is 3.77. The Balaban J connectivity index is 1.87. The van der Waals surface area contributed by atoms with Crippen LogP contribution in [0.4, 0.5) is 4.79 Å². The predicted octanol–water partition coefficient (Wildman–Crippen LogP) is 1.03. The summed E-state index contributed by atoms with van der Waals surface area (Å²) in [5.41, 5.74) is 1.01. The van der Waals surface area contributed by atoms with Gasteiger partial charge in [-0.05, 0) is 31.0 Å². The number of carbonyl (C=O) groups excluding carboxylic acids is 3. The molecule has 1 fully saturated rings. The zero-order chi connectivity index (χ0) is 16.8. The summed E-state index contributed by atoms with van der Waals surface area (Å²) in [6.07, 6.45) is 0.512. The minimum atomic E-state index is -0.619. The maximum absolute atomic E-state index is 12.3. The van der Waals surface area contributed by atoms with E-state index in [0.717, 1.165) is 11.3 Å². The summed E-state index contributed by atoms with van der Waals surface area (Å²) in [6.45, 7) is 2.99. The molecular formula is C16H21N3O4. The van der Waals surface area contributed by atoms with Gasteiger partial charge in [-0.25, -0.2) is 4.79 Å². The van der Waals surface area contributed by atoms with Gasteiger partial charge in [-0.3, -0.25) is 14.9 Å². The van der Waals surface area contributed by atoms with Gasteiger partial charge in [0.25, 0.3) is 5.91 Å². The van der Waals surface area contributed by atoms with E-state index < -0.39 is 12.1 Å². The topological polar surface area (TPSA) is 87.7 Å². The Morgan fingerprint density at radius 3 is 2.48 bits per heavy atom. The Bertz CT molecular complexity index is 585. The average molecular weight is 319 g/mol. The van der Waals surface area contributed by atoms with E-state index in [1.54, 1.807) is 12.0 Å². The Labute approximate surface area is 135 Å². The van der Waals surface area contributed by atoms with Gasteiger partial charge in [-0.1, -0.05) is 12.1 Å². The summed E-state index contributed by atoms with van der Waals surface area (Å²) in [5.74, 6) is 0.351. The molecule has 0 bridgehead atoms. The summed E-state index contributed by atoms with van der Waals surface area (Å²) in [5, 5.41) is 4.65. The van der Waals surface area contributed by atoms with E-state index in [9.17, 15) is 14.4 Å². The first-order chi connectivity index (χ1) is 11.0. The molecular weight excluding hydrogens is 298 g/mol. The van der Waals surface area contributed by atoms with Gasteiger partial charge in [0.1, 0.15) is 11.8 Å². The summed E-state index contributed by atoms with van der Waals surface area (Å²) < 4.78 is 5.11. The summed E-state index contributed by atoms with van der Waals surface area (Å²) >= 11 is 0. The van der Waals surface area contributed by atoms with Crippen LogP contribution < -0.4 is 15.4 Å². The fraction of sp³-hybridized carbons (Fsp3) is 0.438. The van der Waals surface area contributed by atoms with E-state index in [1.807, 2.05) is 31.2 Å². The number of rotatable bonds is 7. The number of nitrogens with zero attached hydrogens (tertiary/aromatic N) is 1. The number of methoxy groups -OCH3 is 1. The Hall–Kier alpha value is -2.57. The third kappa shape index (κ3) is 4.45. The average Bonchev–Trinajstić information content (AvgIpc) is 2.88. The van der Waals surface area contributed by atoms with Crippen LogP contribution in [0.25, 0.3) is 0 Å². The quantitative estimate of drug-likeness (QED) is 0.735. The Morgan fingerprint density at radius 1 is 1.26 bits per heavy atom. The van der Waals surface area contributed by atoms with Gasteiger partial charge >= 0.3 is 6.03 Å². The predicted molar refractivity (Wildman–Crippen MR) is 83.8 cm³/mol. The highest BCUT2D eigenvalue weighted by atomic mass is 16.5. The van der Waals surface area contributed by atoms with Crippen molar-refractivity contribution in [3.05, 3.63) is 29.8 Å². The molecule has 0 spiro atoms. The minimum absolute atomic E-state index is 0.0442. The van der Waals surface area contributed by atoms with E-state index in [0.29, 0.717) is 19.5 Å². The number of ether oxygens (including phenoxy) is 1. The highest BCUT2D eigenvalue weighted by molar-refractivity contribution is 6.04. The van der Waals surface area contributed by atoms with Crippen molar-refractivity contribution in [1.29, 1.82) is 0 Å². The van der Waals surface area contributed by atoms with Gasteiger partial charge in [0, 0.05) is 19.5 Å². The SMILES string of the molecule is CCN(Cc1ccc(OC)cc1)C(=O)CC[C@H]1NC(=O)NC1=O.